The number of carbonyl (C=O) groups is 3. The molecule has 0 aromatic heterocycles. The number of allylic oxidation sites excluding steroid dienone is 16. The fourth-order valence-corrected chi connectivity index (χ4v) is 8.60. The lowest BCUT2D eigenvalue weighted by Crippen LogP contribution is -2.30. The molecule has 0 spiro atoms. The van der Waals surface area contributed by atoms with Crippen LogP contribution in [0.1, 0.15) is 297 Å². The van der Waals surface area contributed by atoms with Crippen LogP contribution in [0.15, 0.2) is 97.2 Å². The van der Waals surface area contributed by atoms with Gasteiger partial charge in [-0.2, -0.15) is 0 Å². The fraction of sp³-hybridized carbons (Fsp3) is 0.721. The van der Waals surface area contributed by atoms with Crippen molar-refractivity contribution >= 4 is 17.9 Å². The Kier molecular flexibility index (Phi) is 58.8. The van der Waals surface area contributed by atoms with Crippen LogP contribution in [0.3, 0.4) is 0 Å². The van der Waals surface area contributed by atoms with E-state index in [1.807, 2.05) is 0 Å². The molecule has 0 aromatic carbocycles. The second-order valence-corrected chi connectivity index (χ2v) is 20.6. The van der Waals surface area contributed by atoms with Crippen LogP contribution in [0.4, 0.5) is 0 Å². The molecule has 0 saturated heterocycles. The number of rotatable bonds is 56. The summed E-state index contributed by atoms with van der Waals surface area (Å²) in [5.74, 6) is -0.898. The Balaban J connectivity index is 4.28. The van der Waals surface area contributed by atoms with Crippen LogP contribution in [-0.4, -0.2) is 37.2 Å². The molecule has 74 heavy (non-hydrogen) atoms. The van der Waals surface area contributed by atoms with Crippen LogP contribution < -0.4 is 0 Å². The van der Waals surface area contributed by atoms with Crippen LogP contribution in [0.5, 0.6) is 0 Å². The monoisotopic (exact) mass is 1030 g/mol. The van der Waals surface area contributed by atoms with Crippen LogP contribution in [0.2, 0.25) is 0 Å². The molecule has 0 fully saturated rings. The zero-order valence-corrected chi connectivity index (χ0v) is 48.6. The molecular weight excluding hydrogens is 913 g/mol. The molecule has 0 heterocycles. The molecular formula is C68H116O6. The first kappa shape index (κ1) is 70.3. The number of carbonyl (C=O) groups excluding carboxylic acids is 3. The van der Waals surface area contributed by atoms with Gasteiger partial charge in [-0.15, -0.1) is 0 Å². The van der Waals surface area contributed by atoms with Crippen LogP contribution >= 0.6 is 0 Å². The Hall–Kier alpha value is -3.67. The minimum Gasteiger partial charge on any atom is -0.462 e. The molecule has 0 aliphatic carbocycles. The summed E-state index contributed by atoms with van der Waals surface area (Å²) in [4.78, 5) is 38.2. The van der Waals surface area contributed by atoms with Gasteiger partial charge < -0.3 is 14.2 Å². The first-order valence-electron chi connectivity index (χ1n) is 31.2. The maximum atomic E-state index is 12.9. The number of esters is 3. The lowest BCUT2D eigenvalue weighted by molar-refractivity contribution is -0.167. The first-order chi connectivity index (χ1) is 36.5. The highest BCUT2D eigenvalue weighted by Gasteiger charge is 2.19. The van der Waals surface area contributed by atoms with Gasteiger partial charge in [-0.1, -0.05) is 259 Å². The molecule has 0 aliphatic rings. The molecule has 1 unspecified atom stereocenters. The Morgan fingerprint density at radius 3 is 0.878 bits per heavy atom. The minimum atomic E-state index is -0.787. The van der Waals surface area contributed by atoms with Gasteiger partial charge >= 0.3 is 17.9 Å². The van der Waals surface area contributed by atoms with Crippen molar-refractivity contribution in [2.24, 2.45) is 0 Å². The Bertz CT molecular complexity index is 1460. The van der Waals surface area contributed by atoms with Crippen LogP contribution in [0, 0.1) is 0 Å². The molecule has 0 saturated carbocycles. The summed E-state index contributed by atoms with van der Waals surface area (Å²) in [5, 5.41) is 0. The van der Waals surface area contributed by atoms with E-state index in [-0.39, 0.29) is 31.1 Å². The third-order valence-corrected chi connectivity index (χ3v) is 13.3. The van der Waals surface area contributed by atoms with E-state index in [1.165, 1.54) is 148 Å². The summed E-state index contributed by atoms with van der Waals surface area (Å²) >= 11 is 0. The minimum absolute atomic E-state index is 0.0842. The smallest absolute Gasteiger partial charge is 0.306 e. The summed E-state index contributed by atoms with van der Waals surface area (Å²) in [5.41, 5.74) is 0. The fourth-order valence-electron chi connectivity index (χ4n) is 8.60. The highest BCUT2D eigenvalue weighted by atomic mass is 16.6. The lowest BCUT2D eigenvalue weighted by Gasteiger charge is -2.18. The van der Waals surface area contributed by atoms with Crippen LogP contribution in [0.25, 0.3) is 0 Å². The third kappa shape index (κ3) is 59.2. The van der Waals surface area contributed by atoms with Crippen molar-refractivity contribution in [3.05, 3.63) is 97.2 Å². The van der Waals surface area contributed by atoms with E-state index in [0.29, 0.717) is 19.3 Å². The molecule has 0 aliphatic heterocycles. The Morgan fingerprint density at radius 2 is 0.541 bits per heavy atom. The van der Waals surface area contributed by atoms with Gasteiger partial charge in [-0.25, -0.2) is 0 Å². The molecule has 0 aromatic rings. The van der Waals surface area contributed by atoms with Gasteiger partial charge in [-0.05, 0) is 116 Å². The van der Waals surface area contributed by atoms with Gasteiger partial charge in [0.2, 0.25) is 0 Å². The van der Waals surface area contributed by atoms with Crippen molar-refractivity contribution in [3.8, 4) is 0 Å². The zero-order chi connectivity index (χ0) is 53.6. The van der Waals surface area contributed by atoms with E-state index < -0.39 is 6.10 Å². The summed E-state index contributed by atoms with van der Waals surface area (Å²) in [6.07, 6.45) is 82.7. The van der Waals surface area contributed by atoms with Gasteiger partial charge in [0.25, 0.3) is 0 Å². The van der Waals surface area contributed by atoms with Gasteiger partial charge in [0, 0.05) is 19.3 Å². The summed E-state index contributed by atoms with van der Waals surface area (Å²) in [6.45, 7) is 6.47. The molecule has 0 bridgehead atoms. The Labute approximate surface area is 457 Å². The van der Waals surface area contributed by atoms with Crippen LogP contribution in [-0.2, 0) is 28.6 Å². The van der Waals surface area contributed by atoms with Crippen molar-refractivity contribution in [3.63, 3.8) is 0 Å². The van der Waals surface area contributed by atoms with Crippen molar-refractivity contribution in [1.82, 2.24) is 0 Å². The summed E-state index contributed by atoms with van der Waals surface area (Å²) < 4.78 is 16.9. The molecule has 0 rings (SSSR count). The average molecular weight is 1030 g/mol. The normalized spacial score (nSPS) is 12.7. The molecule has 424 valence electrons. The molecule has 0 N–H and O–H groups in total. The maximum Gasteiger partial charge on any atom is 0.306 e. The number of ether oxygens (including phenoxy) is 3. The number of hydrogen-bond acceptors (Lipinski definition) is 6. The topological polar surface area (TPSA) is 78.9 Å². The van der Waals surface area contributed by atoms with E-state index >= 15 is 0 Å². The molecule has 0 amide bonds. The standard InChI is InChI=1S/C68H116O6/c1-4-7-10-13-16-19-22-24-26-28-30-31-32-33-34-35-36-37-38-40-41-43-46-49-52-55-58-61-67(70)73-64-65(63-72-66(69)60-57-54-51-48-45-21-18-15-12-9-6-3)74-68(71)62-59-56-53-50-47-44-42-39-29-27-25-23-20-17-14-11-8-5-2/h7,10,15-16,18-20,23-24,26-27,29-31,33-34,65H,4-6,8-9,11-14,17,21-22,25,28,32,35-64H2,1-3H3/b10-7-,18-15-,19-16-,23-20-,26-24-,29-27-,31-30-,34-33-. The first-order valence-corrected chi connectivity index (χ1v) is 31.2. The highest BCUT2D eigenvalue weighted by molar-refractivity contribution is 5.71. The van der Waals surface area contributed by atoms with Crippen molar-refractivity contribution < 1.29 is 28.6 Å². The number of unbranched alkanes of at least 4 members (excludes halogenated alkanes) is 29. The van der Waals surface area contributed by atoms with Crippen molar-refractivity contribution in [1.29, 1.82) is 0 Å². The predicted molar refractivity (Wildman–Crippen MR) is 320 cm³/mol. The van der Waals surface area contributed by atoms with Gasteiger partial charge in [0.05, 0.1) is 0 Å². The Morgan fingerprint density at radius 1 is 0.284 bits per heavy atom. The predicted octanol–water partition coefficient (Wildman–Crippen LogP) is 21.3. The summed E-state index contributed by atoms with van der Waals surface area (Å²) in [7, 11) is 0. The highest BCUT2D eigenvalue weighted by Crippen LogP contribution is 2.16. The zero-order valence-electron chi connectivity index (χ0n) is 48.6. The maximum absolute atomic E-state index is 12.9. The molecule has 6 heteroatoms. The summed E-state index contributed by atoms with van der Waals surface area (Å²) in [6, 6.07) is 0. The van der Waals surface area contributed by atoms with Gasteiger partial charge in [0.15, 0.2) is 6.10 Å². The lowest BCUT2D eigenvalue weighted by atomic mass is 10.0. The van der Waals surface area contributed by atoms with Crippen molar-refractivity contribution in [2.45, 2.75) is 303 Å². The van der Waals surface area contributed by atoms with Gasteiger partial charge in [0.1, 0.15) is 13.2 Å². The SMILES string of the molecule is CC/C=C\C/C=C\C/C=C\C/C=C\C/C=C\CCCCCCCCCCCCCC(=O)OCC(COC(=O)CCCCCCC/C=C\CCCC)OC(=O)CCCCCCCCC/C=C\C/C=C\CCCCCC. The molecule has 6 nitrogen and oxygen atoms in total. The average Bonchev–Trinajstić information content (AvgIpc) is 3.40. The second kappa shape index (κ2) is 61.9. The second-order valence-electron chi connectivity index (χ2n) is 20.6. The van der Waals surface area contributed by atoms with E-state index in [1.54, 1.807) is 0 Å². The molecule has 0 radical (unpaired) electrons. The van der Waals surface area contributed by atoms with E-state index in [2.05, 4.69) is 118 Å². The van der Waals surface area contributed by atoms with E-state index in [0.717, 1.165) is 109 Å². The quantitative estimate of drug-likeness (QED) is 0.0261. The van der Waals surface area contributed by atoms with E-state index in [9.17, 15) is 14.4 Å². The third-order valence-electron chi connectivity index (χ3n) is 13.3. The molecule has 1 atom stereocenters. The number of hydrogen-bond donors (Lipinski definition) is 0. The van der Waals surface area contributed by atoms with Gasteiger partial charge in [-0.3, -0.25) is 14.4 Å². The van der Waals surface area contributed by atoms with E-state index in [4.69, 9.17) is 14.2 Å². The largest absolute Gasteiger partial charge is 0.462 e. The van der Waals surface area contributed by atoms with Crippen molar-refractivity contribution in [2.75, 3.05) is 13.2 Å².